The highest BCUT2D eigenvalue weighted by atomic mass is 16.5. The third-order valence-electron chi connectivity index (χ3n) is 5.44. The quantitative estimate of drug-likeness (QED) is 0.526. The molecule has 0 saturated heterocycles. The van der Waals surface area contributed by atoms with E-state index in [4.69, 9.17) is 14.0 Å². The predicted molar refractivity (Wildman–Crippen MR) is 122 cm³/mol. The summed E-state index contributed by atoms with van der Waals surface area (Å²) in [5.74, 6) is 2.72. The monoisotopic (exact) mass is 435 g/mol. The van der Waals surface area contributed by atoms with Gasteiger partial charge in [-0.25, -0.2) is 0 Å². The van der Waals surface area contributed by atoms with Gasteiger partial charge in [0.25, 0.3) is 0 Å². The van der Waals surface area contributed by atoms with Crippen molar-refractivity contribution in [3.63, 3.8) is 0 Å². The molecule has 1 unspecified atom stereocenters. The molecule has 1 aromatic heterocycles. The number of carbonyl (C=O) groups is 1. The number of carbonyl (C=O) groups excluding carboxylic acids is 1. The van der Waals surface area contributed by atoms with E-state index in [1.165, 1.54) is 5.56 Å². The van der Waals surface area contributed by atoms with Gasteiger partial charge in [-0.05, 0) is 31.4 Å². The number of nitrogens with zero attached hydrogens (tertiary/aromatic N) is 2. The molecule has 3 aromatic rings. The first-order valence-corrected chi connectivity index (χ1v) is 11.1. The number of benzene rings is 2. The molecule has 0 fully saturated rings. The lowest BCUT2D eigenvalue weighted by Crippen LogP contribution is -2.13. The van der Waals surface area contributed by atoms with Crippen LogP contribution in [-0.4, -0.2) is 28.8 Å². The maximum absolute atomic E-state index is 12.6. The van der Waals surface area contributed by atoms with Crippen LogP contribution in [0.2, 0.25) is 0 Å². The summed E-state index contributed by atoms with van der Waals surface area (Å²) in [6.45, 7) is 8.76. The number of aromatic nitrogens is 2. The van der Waals surface area contributed by atoms with Crippen molar-refractivity contribution in [3.05, 3.63) is 53.4 Å². The molecule has 1 N–H and O–H groups in total. The van der Waals surface area contributed by atoms with Crippen LogP contribution in [0.25, 0.3) is 11.4 Å². The predicted octanol–water partition coefficient (Wildman–Crippen LogP) is 5.15. The molecule has 1 aliphatic rings. The Morgan fingerprint density at radius 2 is 2.03 bits per heavy atom. The van der Waals surface area contributed by atoms with Crippen LogP contribution in [0.3, 0.4) is 0 Å². The summed E-state index contributed by atoms with van der Waals surface area (Å²) in [7, 11) is 0. The van der Waals surface area contributed by atoms with Crippen molar-refractivity contribution in [2.45, 2.75) is 59.0 Å². The Labute approximate surface area is 188 Å². The third-order valence-corrected chi connectivity index (χ3v) is 5.44. The summed E-state index contributed by atoms with van der Waals surface area (Å²) in [5, 5.41) is 6.99. The Morgan fingerprint density at radius 1 is 1.25 bits per heavy atom. The number of ether oxygens (including phenoxy) is 2. The van der Waals surface area contributed by atoms with Crippen molar-refractivity contribution in [3.8, 4) is 22.9 Å². The van der Waals surface area contributed by atoms with Gasteiger partial charge in [0.15, 0.2) is 0 Å². The topological polar surface area (TPSA) is 86.5 Å². The van der Waals surface area contributed by atoms with Gasteiger partial charge in [0.1, 0.15) is 17.6 Å². The van der Waals surface area contributed by atoms with Crippen molar-refractivity contribution < 1.29 is 18.8 Å². The summed E-state index contributed by atoms with van der Waals surface area (Å²) < 4.78 is 16.9. The smallest absolute Gasteiger partial charge is 0.227 e. The highest BCUT2D eigenvalue weighted by Crippen LogP contribution is 2.38. The maximum atomic E-state index is 12.6. The second kappa shape index (κ2) is 9.42. The molecular weight excluding hydrogens is 406 g/mol. The van der Waals surface area contributed by atoms with E-state index >= 15 is 0 Å². The lowest BCUT2D eigenvalue weighted by Gasteiger charge is -2.13. The zero-order chi connectivity index (χ0) is 22.7. The SMILES string of the molecule is CCOc1cc2c(cc1NC(=O)CCc1nc(-c3ccc(C(C)C)cc3)no1)OC(C)C2. The number of fused-ring (bicyclic) bond motifs is 1. The van der Waals surface area contributed by atoms with Crippen LogP contribution in [0, 0.1) is 0 Å². The Hall–Kier alpha value is -3.35. The lowest BCUT2D eigenvalue weighted by molar-refractivity contribution is -0.116. The molecule has 4 rings (SSSR count). The van der Waals surface area contributed by atoms with Gasteiger partial charge in [-0.1, -0.05) is 43.3 Å². The van der Waals surface area contributed by atoms with E-state index in [0.29, 0.717) is 42.1 Å². The van der Waals surface area contributed by atoms with Crippen LogP contribution in [0.4, 0.5) is 5.69 Å². The van der Waals surface area contributed by atoms with Gasteiger partial charge in [0, 0.05) is 36.5 Å². The number of anilines is 1. The first kappa shape index (κ1) is 21.9. The molecule has 0 saturated carbocycles. The fourth-order valence-corrected chi connectivity index (χ4v) is 3.74. The molecule has 1 atom stereocenters. The fourth-order valence-electron chi connectivity index (χ4n) is 3.74. The summed E-state index contributed by atoms with van der Waals surface area (Å²) in [5.41, 5.74) is 3.86. The molecule has 1 aliphatic heterocycles. The molecule has 2 heterocycles. The normalized spacial score (nSPS) is 14.8. The first-order valence-electron chi connectivity index (χ1n) is 11.1. The largest absolute Gasteiger partial charge is 0.492 e. The summed E-state index contributed by atoms with van der Waals surface area (Å²) >= 11 is 0. The van der Waals surface area contributed by atoms with Crippen molar-refractivity contribution in [2.75, 3.05) is 11.9 Å². The van der Waals surface area contributed by atoms with Crippen molar-refractivity contribution >= 4 is 11.6 Å². The van der Waals surface area contributed by atoms with Crippen LogP contribution in [0.5, 0.6) is 11.5 Å². The second-order valence-electron chi connectivity index (χ2n) is 8.36. The van der Waals surface area contributed by atoms with Crippen molar-refractivity contribution in [1.29, 1.82) is 0 Å². The average molecular weight is 436 g/mol. The Morgan fingerprint density at radius 3 is 2.75 bits per heavy atom. The maximum Gasteiger partial charge on any atom is 0.227 e. The second-order valence-corrected chi connectivity index (χ2v) is 8.36. The van der Waals surface area contributed by atoms with Crippen LogP contribution in [0.1, 0.15) is 57.1 Å². The molecular formula is C25H29N3O4. The van der Waals surface area contributed by atoms with E-state index in [9.17, 15) is 4.79 Å². The highest BCUT2D eigenvalue weighted by molar-refractivity contribution is 5.92. The van der Waals surface area contributed by atoms with Crippen LogP contribution in [-0.2, 0) is 17.6 Å². The van der Waals surface area contributed by atoms with E-state index in [2.05, 4.69) is 41.4 Å². The minimum absolute atomic E-state index is 0.124. The van der Waals surface area contributed by atoms with E-state index in [-0.39, 0.29) is 18.4 Å². The molecule has 32 heavy (non-hydrogen) atoms. The molecule has 0 radical (unpaired) electrons. The molecule has 0 bridgehead atoms. The fraction of sp³-hybridized carbons (Fsp3) is 0.400. The Balaban J connectivity index is 1.38. The van der Waals surface area contributed by atoms with Crippen LogP contribution in [0.15, 0.2) is 40.9 Å². The summed E-state index contributed by atoms with van der Waals surface area (Å²) in [6.07, 6.45) is 1.53. The van der Waals surface area contributed by atoms with E-state index in [0.717, 1.165) is 23.3 Å². The first-order chi connectivity index (χ1) is 15.4. The third kappa shape index (κ3) is 4.93. The van der Waals surface area contributed by atoms with Gasteiger partial charge in [-0.15, -0.1) is 0 Å². The molecule has 7 nitrogen and oxygen atoms in total. The van der Waals surface area contributed by atoms with Gasteiger partial charge in [0.2, 0.25) is 17.6 Å². The van der Waals surface area contributed by atoms with Gasteiger partial charge in [-0.3, -0.25) is 4.79 Å². The lowest BCUT2D eigenvalue weighted by atomic mass is 10.0. The number of rotatable bonds is 8. The van der Waals surface area contributed by atoms with E-state index in [1.807, 2.05) is 38.1 Å². The number of nitrogens with one attached hydrogen (secondary N) is 1. The van der Waals surface area contributed by atoms with Gasteiger partial charge < -0.3 is 19.3 Å². The highest BCUT2D eigenvalue weighted by Gasteiger charge is 2.22. The van der Waals surface area contributed by atoms with E-state index < -0.39 is 0 Å². The minimum atomic E-state index is -0.155. The minimum Gasteiger partial charge on any atom is -0.492 e. The van der Waals surface area contributed by atoms with Crippen molar-refractivity contribution in [2.24, 2.45) is 0 Å². The molecule has 7 heteroatoms. The Bertz CT molecular complexity index is 1090. The van der Waals surface area contributed by atoms with E-state index in [1.54, 1.807) is 0 Å². The zero-order valence-electron chi connectivity index (χ0n) is 19.0. The zero-order valence-corrected chi connectivity index (χ0v) is 19.0. The average Bonchev–Trinajstić information content (AvgIpc) is 3.38. The number of amides is 1. The standard InChI is InChI=1S/C25H29N3O4/c1-5-30-22-13-19-12-16(4)31-21(19)14-20(22)26-23(29)10-11-24-27-25(28-32-24)18-8-6-17(7-9-18)15(2)3/h6-9,13-16H,5,10-12H2,1-4H3,(H,26,29). The summed E-state index contributed by atoms with van der Waals surface area (Å²) in [6, 6.07) is 11.9. The summed E-state index contributed by atoms with van der Waals surface area (Å²) in [4.78, 5) is 17.0. The molecule has 168 valence electrons. The molecule has 0 aliphatic carbocycles. The van der Waals surface area contributed by atoms with Crippen molar-refractivity contribution in [1.82, 2.24) is 10.1 Å². The Kier molecular flexibility index (Phi) is 6.44. The number of hydrogen-bond acceptors (Lipinski definition) is 6. The van der Waals surface area contributed by atoms with Gasteiger partial charge in [-0.2, -0.15) is 4.98 Å². The molecule has 1 amide bonds. The van der Waals surface area contributed by atoms with Gasteiger partial charge >= 0.3 is 0 Å². The number of aryl methyl sites for hydroxylation is 1. The van der Waals surface area contributed by atoms with Crippen LogP contribution < -0.4 is 14.8 Å². The number of hydrogen-bond donors (Lipinski definition) is 1. The molecule has 0 spiro atoms. The van der Waals surface area contributed by atoms with Gasteiger partial charge in [0.05, 0.1) is 12.3 Å². The van der Waals surface area contributed by atoms with Crippen LogP contribution >= 0.6 is 0 Å². The molecule has 2 aromatic carbocycles.